The highest BCUT2D eigenvalue weighted by Gasteiger charge is 2.45. The fourth-order valence-electron chi connectivity index (χ4n) is 1.99. The average molecular weight is 299 g/mol. The van der Waals surface area contributed by atoms with Crippen molar-refractivity contribution in [2.24, 2.45) is 5.41 Å². The summed E-state index contributed by atoms with van der Waals surface area (Å²) in [6.45, 7) is 10.00. The van der Waals surface area contributed by atoms with Crippen LogP contribution in [-0.2, 0) is 9.59 Å². The molecule has 1 rings (SSSR count). The molecule has 7 nitrogen and oxygen atoms in total. The summed E-state index contributed by atoms with van der Waals surface area (Å²) < 4.78 is 0. The molecule has 7 heteroatoms. The fourth-order valence-corrected chi connectivity index (χ4v) is 1.99. The molecule has 0 bridgehead atoms. The van der Waals surface area contributed by atoms with Gasteiger partial charge < -0.3 is 20.2 Å². The van der Waals surface area contributed by atoms with Gasteiger partial charge in [0.05, 0.1) is 11.0 Å². The second-order valence-corrected chi connectivity index (χ2v) is 6.48. The van der Waals surface area contributed by atoms with Crippen LogP contribution in [0.4, 0.5) is 4.79 Å². The number of urea groups is 1. The Balaban J connectivity index is 2.66. The van der Waals surface area contributed by atoms with Gasteiger partial charge in [-0.15, -0.1) is 0 Å². The highest BCUT2D eigenvalue weighted by Crippen LogP contribution is 2.30. The number of carboxylic acids is 1. The van der Waals surface area contributed by atoms with Crippen molar-refractivity contribution in [2.75, 3.05) is 26.2 Å². The van der Waals surface area contributed by atoms with Crippen LogP contribution in [-0.4, -0.2) is 64.5 Å². The normalized spacial score (nSPS) is 16.6. The molecule has 1 aliphatic heterocycles. The number of nitrogens with zero attached hydrogens (tertiary/aromatic N) is 2. The van der Waals surface area contributed by atoms with E-state index in [-0.39, 0.29) is 11.9 Å². The van der Waals surface area contributed by atoms with Crippen LogP contribution >= 0.6 is 0 Å². The molecule has 1 fully saturated rings. The average Bonchev–Trinajstić information content (AvgIpc) is 2.37. The topological polar surface area (TPSA) is 90.0 Å². The maximum Gasteiger partial charge on any atom is 0.317 e. The van der Waals surface area contributed by atoms with Crippen LogP contribution in [0.5, 0.6) is 0 Å². The molecule has 0 atom stereocenters. The van der Waals surface area contributed by atoms with E-state index in [0.29, 0.717) is 26.2 Å². The van der Waals surface area contributed by atoms with E-state index in [9.17, 15) is 19.5 Å². The Morgan fingerprint density at radius 1 is 0.952 bits per heavy atom. The summed E-state index contributed by atoms with van der Waals surface area (Å²) in [6.07, 6.45) is 0. The summed E-state index contributed by atoms with van der Waals surface area (Å²) >= 11 is 0. The largest absolute Gasteiger partial charge is 0.481 e. The van der Waals surface area contributed by atoms with Crippen LogP contribution in [0.25, 0.3) is 0 Å². The summed E-state index contributed by atoms with van der Waals surface area (Å²) in [4.78, 5) is 38.2. The molecule has 1 saturated heterocycles. The Labute approximate surface area is 125 Å². The molecule has 0 spiro atoms. The molecule has 1 heterocycles. The number of nitrogens with one attached hydrogen (secondary N) is 1. The molecule has 120 valence electrons. The Morgan fingerprint density at radius 2 is 1.38 bits per heavy atom. The van der Waals surface area contributed by atoms with E-state index in [2.05, 4.69) is 5.32 Å². The third kappa shape index (κ3) is 3.65. The van der Waals surface area contributed by atoms with Crippen LogP contribution in [0.1, 0.15) is 34.6 Å². The zero-order chi connectivity index (χ0) is 16.4. The third-order valence-corrected chi connectivity index (χ3v) is 4.53. The van der Waals surface area contributed by atoms with Gasteiger partial charge in [-0.3, -0.25) is 9.59 Å². The molecule has 0 aromatic rings. The number of hydrogen-bond acceptors (Lipinski definition) is 3. The van der Waals surface area contributed by atoms with Crippen molar-refractivity contribution in [3.63, 3.8) is 0 Å². The van der Waals surface area contributed by atoms with Crippen LogP contribution in [0.2, 0.25) is 0 Å². The highest BCUT2D eigenvalue weighted by molar-refractivity contribution is 5.80. The van der Waals surface area contributed by atoms with E-state index in [1.807, 2.05) is 0 Å². The second-order valence-electron chi connectivity index (χ2n) is 6.48. The Morgan fingerprint density at radius 3 is 1.76 bits per heavy atom. The molecule has 0 radical (unpaired) electrons. The fraction of sp³-hybridized carbons (Fsp3) is 0.786. The number of carboxylic acid groups (broad SMARTS) is 1. The minimum Gasteiger partial charge on any atom is -0.481 e. The predicted molar refractivity (Wildman–Crippen MR) is 77.9 cm³/mol. The van der Waals surface area contributed by atoms with Crippen LogP contribution < -0.4 is 5.32 Å². The van der Waals surface area contributed by atoms with Gasteiger partial charge in [0.15, 0.2) is 0 Å². The van der Waals surface area contributed by atoms with Crippen molar-refractivity contribution in [3.8, 4) is 0 Å². The number of carbonyl (C=O) groups excluding carboxylic acids is 2. The van der Waals surface area contributed by atoms with Crippen molar-refractivity contribution >= 4 is 17.9 Å². The number of hydrogen-bond donors (Lipinski definition) is 2. The Kier molecular flexibility index (Phi) is 4.86. The van der Waals surface area contributed by atoms with E-state index in [1.54, 1.807) is 37.5 Å². The van der Waals surface area contributed by atoms with Crippen LogP contribution in [0.3, 0.4) is 0 Å². The van der Waals surface area contributed by atoms with Gasteiger partial charge in [0.1, 0.15) is 0 Å². The van der Waals surface area contributed by atoms with Crippen molar-refractivity contribution in [1.29, 1.82) is 0 Å². The van der Waals surface area contributed by atoms with Crippen molar-refractivity contribution in [3.05, 3.63) is 0 Å². The first-order valence-corrected chi connectivity index (χ1v) is 7.05. The predicted octanol–water partition coefficient (Wildman–Crippen LogP) is 0.750. The molecule has 3 amide bonds. The highest BCUT2D eigenvalue weighted by atomic mass is 16.4. The monoisotopic (exact) mass is 299 g/mol. The van der Waals surface area contributed by atoms with Gasteiger partial charge in [0.2, 0.25) is 5.91 Å². The first-order valence-electron chi connectivity index (χ1n) is 7.05. The van der Waals surface area contributed by atoms with E-state index in [4.69, 9.17) is 0 Å². The third-order valence-electron chi connectivity index (χ3n) is 4.53. The van der Waals surface area contributed by atoms with Crippen molar-refractivity contribution in [2.45, 2.75) is 40.2 Å². The quantitative estimate of drug-likeness (QED) is 0.804. The molecule has 0 aliphatic carbocycles. The molecule has 2 N–H and O–H groups in total. The molecule has 1 aliphatic rings. The maximum absolute atomic E-state index is 12.3. The van der Waals surface area contributed by atoms with Crippen molar-refractivity contribution < 1.29 is 19.5 Å². The summed E-state index contributed by atoms with van der Waals surface area (Å²) in [5.74, 6) is -0.961. The number of rotatable bonds is 3. The lowest BCUT2D eigenvalue weighted by molar-refractivity contribution is -0.150. The molecule has 0 unspecified atom stereocenters. The number of piperazine rings is 1. The minimum absolute atomic E-state index is 0.00222. The molecular weight excluding hydrogens is 274 g/mol. The van der Waals surface area contributed by atoms with Crippen LogP contribution in [0, 0.1) is 5.41 Å². The molecular formula is C14H25N3O4. The van der Waals surface area contributed by atoms with Gasteiger partial charge in [-0.1, -0.05) is 0 Å². The van der Waals surface area contributed by atoms with Gasteiger partial charge >= 0.3 is 12.0 Å². The smallest absolute Gasteiger partial charge is 0.317 e. The van der Waals surface area contributed by atoms with E-state index in [1.165, 1.54) is 6.92 Å². The number of aliphatic carboxylic acids is 1. The molecule has 0 aromatic carbocycles. The van der Waals surface area contributed by atoms with E-state index >= 15 is 0 Å². The Bertz CT molecular complexity index is 438. The minimum atomic E-state index is -1.09. The summed E-state index contributed by atoms with van der Waals surface area (Å²) in [5, 5.41) is 12.1. The SMILES string of the molecule is CC(=O)N1CCN(C(=O)NC(C)(C)C(C)(C)C(=O)O)CC1. The second kappa shape index (κ2) is 5.91. The summed E-state index contributed by atoms with van der Waals surface area (Å²) in [5.41, 5.74) is -1.99. The van der Waals surface area contributed by atoms with Crippen LogP contribution in [0.15, 0.2) is 0 Å². The van der Waals surface area contributed by atoms with Gasteiger partial charge in [0, 0.05) is 33.1 Å². The lowest BCUT2D eigenvalue weighted by Crippen LogP contribution is -2.61. The molecule has 0 aromatic heterocycles. The van der Waals surface area contributed by atoms with Gasteiger partial charge in [-0.2, -0.15) is 0 Å². The number of carbonyl (C=O) groups is 3. The summed E-state index contributed by atoms with van der Waals surface area (Å²) in [6, 6.07) is -0.294. The van der Waals surface area contributed by atoms with Gasteiger partial charge in [0.25, 0.3) is 0 Å². The first-order chi connectivity index (χ1) is 9.49. The van der Waals surface area contributed by atoms with E-state index < -0.39 is 16.9 Å². The standard InChI is InChI=1S/C14H25N3O4/c1-10(18)16-6-8-17(9-7-16)12(21)15-14(4,5)13(2,3)11(19)20/h6-9H2,1-5H3,(H,15,21)(H,19,20). The zero-order valence-corrected chi connectivity index (χ0v) is 13.4. The van der Waals surface area contributed by atoms with Gasteiger partial charge in [-0.25, -0.2) is 4.79 Å². The van der Waals surface area contributed by atoms with E-state index in [0.717, 1.165) is 0 Å². The maximum atomic E-state index is 12.3. The molecule has 21 heavy (non-hydrogen) atoms. The zero-order valence-electron chi connectivity index (χ0n) is 13.4. The van der Waals surface area contributed by atoms with Gasteiger partial charge in [-0.05, 0) is 27.7 Å². The van der Waals surface area contributed by atoms with Crippen molar-refractivity contribution in [1.82, 2.24) is 15.1 Å². The lowest BCUT2D eigenvalue weighted by atomic mass is 9.74. The first kappa shape index (κ1) is 17.3. The molecule has 0 saturated carbocycles. The summed E-state index contributed by atoms with van der Waals surface area (Å²) in [7, 11) is 0. The number of amides is 3. The Hall–Kier alpha value is -1.79. The lowest BCUT2D eigenvalue weighted by Gasteiger charge is -2.41.